The van der Waals surface area contributed by atoms with Gasteiger partial charge in [-0.1, -0.05) is 11.6 Å². The van der Waals surface area contributed by atoms with Gasteiger partial charge in [-0.05, 0) is 13.0 Å². The third kappa shape index (κ3) is 2.21. The summed E-state index contributed by atoms with van der Waals surface area (Å²) in [5.74, 6) is 1.12. The average molecular weight is 306 g/mol. The highest BCUT2D eigenvalue weighted by Gasteiger charge is 2.18. The molecule has 3 aromatic heterocycles. The molecular formula is C13H12ClN5O2. The first-order chi connectivity index (χ1) is 9.99. The van der Waals surface area contributed by atoms with Gasteiger partial charge in [-0.15, -0.1) is 0 Å². The van der Waals surface area contributed by atoms with Crippen molar-refractivity contribution in [1.82, 2.24) is 15.0 Å². The molecule has 0 fully saturated rings. The number of aryl methyl sites for hydroxylation is 1. The lowest BCUT2D eigenvalue weighted by Crippen LogP contribution is -2.02. The van der Waals surface area contributed by atoms with E-state index in [0.717, 1.165) is 5.39 Å². The Morgan fingerprint density at radius 3 is 2.62 bits per heavy atom. The SMILES string of the molecule is COc1cc2cc(-c3c(N)nc(N)nc3Cl)oc2c(C)n1. The molecule has 0 unspecified atom stereocenters. The van der Waals surface area contributed by atoms with Crippen LogP contribution in [-0.2, 0) is 0 Å². The summed E-state index contributed by atoms with van der Waals surface area (Å²) >= 11 is 6.08. The van der Waals surface area contributed by atoms with Gasteiger partial charge in [-0.25, -0.2) is 9.97 Å². The summed E-state index contributed by atoms with van der Waals surface area (Å²) < 4.78 is 10.9. The van der Waals surface area contributed by atoms with Crippen molar-refractivity contribution in [3.8, 4) is 17.2 Å². The fourth-order valence-electron chi connectivity index (χ4n) is 2.10. The van der Waals surface area contributed by atoms with E-state index >= 15 is 0 Å². The second-order valence-electron chi connectivity index (χ2n) is 4.41. The van der Waals surface area contributed by atoms with E-state index in [1.807, 2.05) is 6.92 Å². The molecule has 0 saturated heterocycles. The van der Waals surface area contributed by atoms with Crippen LogP contribution in [0.3, 0.4) is 0 Å². The average Bonchev–Trinajstić information content (AvgIpc) is 2.81. The fraction of sp³-hybridized carbons (Fsp3) is 0.154. The van der Waals surface area contributed by atoms with Gasteiger partial charge in [0.1, 0.15) is 16.7 Å². The molecule has 0 aromatic carbocycles. The van der Waals surface area contributed by atoms with Crippen LogP contribution in [0.4, 0.5) is 11.8 Å². The minimum Gasteiger partial charge on any atom is -0.481 e. The maximum absolute atomic E-state index is 6.08. The molecule has 0 atom stereocenters. The van der Waals surface area contributed by atoms with Gasteiger partial charge in [-0.3, -0.25) is 0 Å². The van der Waals surface area contributed by atoms with Gasteiger partial charge in [0.05, 0.1) is 18.4 Å². The Hall–Kier alpha value is -2.54. The molecule has 0 aliphatic rings. The highest BCUT2D eigenvalue weighted by atomic mass is 35.5. The molecule has 0 bridgehead atoms. The minimum atomic E-state index is 0.0110. The molecule has 0 saturated carbocycles. The Labute approximate surface area is 124 Å². The first-order valence-corrected chi connectivity index (χ1v) is 6.41. The molecule has 4 N–H and O–H groups in total. The molecule has 3 rings (SSSR count). The Morgan fingerprint density at radius 1 is 1.19 bits per heavy atom. The van der Waals surface area contributed by atoms with Crippen LogP contribution in [0.25, 0.3) is 22.3 Å². The molecule has 3 aromatic rings. The van der Waals surface area contributed by atoms with Crippen molar-refractivity contribution < 1.29 is 9.15 Å². The van der Waals surface area contributed by atoms with E-state index < -0.39 is 0 Å². The molecule has 0 aliphatic heterocycles. The Kier molecular flexibility index (Phi) is 3.06. The van der Waals surface area contributed by atoms with Crippen molar-refractivity contribution in [1.29, 1.82) is 0 Å². The van der Waals surface area contributed by atoms with Crippen molar-refractivity contribution in [3.63, 3.8) is 0 Å². The van der Waals surface area contributed by atoms with Gasteiger partial charge in [0, 0.05) is 11.5 Å². The molecule has 3 heterocycles. The van der Waals surface area contributed by atoms with E-state index in [4.69, 9.17) is 32.2 Å². The smallest absolute Gasteiger partial charge is 0.223 e. The number of fused-ring (bicyclic) bond motifs is 1. The summed E-state index contributed by atoms with van der Waals surface area (Å²) in [7, 11) is 1.55. The molecule has 0 spiro atoms. The van der Waals surface area contributed by atoms with Crippen LogP contribution in [0.15, 0.2) is 16.5 Å². The van der Waals surface area contributed by atoms with Crippen LogP contribution in [0.2, 0.25) is 5.15 Å². The molecule has 0 aliphatic carbocycles. The lowest BCUT2D eigenvalue weighted by atomic mass is 10.2. The molecule has 21 heavy (non-hydrogen) atoms. The van der Waals surface area contributed by atoms with E-state index in [1.165, 1.54) is 0 Å². The van der Waals surface area contributed by atoms with Gasteiger partial charge in [0.25, 0.3) is 0 Å². The van der Waals surface area contributed by atoms with E-state index in [0.29, 0.717) is 28.5 Å². The van der Waals surface area contributed by atoms with Crippen molar-refractivity contribution in [2.24, 2.45) is 0 Å². The van der Waals surface area contributed by atoms with E-state index in [1.54, 1.807) is 19.2 Å². The van der Waals surface area contributed by atoms with E-state index in [2.05, 4.69) is 15.0 Å². The van der Waals surface area contributed by atoms with Crippen LogP contribution < -0.4 is 16.2 Å². The molecule has 7 nitrogen and oxygen atoms in total. The normalized spacial score (nSPS) is 11.0. The third-order valence-electron chi connectivity index (χ3n) is 3.01. The number of nitrogens with zero attached hydrogens (tertiary/aromatic N) is 3. The number of nitrogen functional groups attached to an aromatic ring is 2. The van der Waals surface area contributed by atoms with Gasteiger partial charge < -0.3 is 20.6 Å². The van der Waals surface area contributed by atoms with Crippen LogP contribution in [0, 0.1) is 6.92 Å². The van der Waals surface area contributed by atoms with Crippen molar-refractivity contribution in [2.45, 2.75) is 6.92 Å². The predicted molar refractivity (Wildman–Crippen MR) is 80.2 cm³/mol. The lowest BCUT2D eigenvalue weighted by Gasteiger charge is -2.04. The summed E-state index contributed by atoms with van der Waals surface area (Å²) in [6, 6.07) is 3.54. The van der Waals surface area contributed by atoms with Crippen molar-refractivity contribution >= 4 is 34.3 Å². The number of ether oxygens (including phenoxy) is 1. The zero-order valence-corrected chi connectivity index (χ0v) is 12.1. The van der Waals surface area contributed by atoms with Crippen LogP contribution in [0.5, 0.6) is 5.88 Å². The van der Waals surface area contributed by atoms with E-state index in [-0.39, 0.29) is 16.9 Å². The molecule has 0 radical (unpaired) electrons. The monoisotopic (exact) mass is 305 g/mol. The second kappa shape index (κ2) is 4.78. The number of furan rings is 1. The number of aromatic nitrogens is 3. The third-order valence-corrected chi connectivity index (χ3v) is 3.29. The number of hydrogen-bond donors (Lipinski definition) is 2. The quantitative estimate of drug-likeness (QED) is 0.699. The minimum absolute atomic E-state index is 0.0110. The van der Waals surface area contributed by atoms with Gasteiger partial charge >= 0.3 is 0 Å². The maximum atomic E-state index is 6.08. The number of nitrogens with two attached hydrogens (primary N) is 2. The predicted octanol–water partition coefficient (Wildman–Crippen LogP) is 2.42. The number of rotatable bonds is 2. The van der Waals surface area contributed by atoms with Crippen LogP contribution in [0.1, 0.15) is 5.69 Å². The molecular weight excluding hydrogens is 294 g/mol. The standard InChI is InChI=1S/C13H12ClN5O2/c1-5-10-6(4-8(17-5)20-2)3-7(21-10)9-11(14)18-13(16)19-12(9)15/h3-4H,1-2H3,(H4,15,16,18,19). The van der Waals surface area contributed by atoms with Gasteiger partial charge in [0.2, 0.25) is 11.8 Å². The molecule has 8 heteroatoms. The zero-order valence-electron chi connectivity index (χ0n) is 11.3. The Bertz CT molecular complexity index is 823. The van der Waals surface area contributed by atoms with Crippen LogP contribution in [-0.4, -0.2) is 22.1 Å². The summed E-state index contributed by atoms with van der Waals surface area (Å²) in [5.41, 5.74) is 13.1. The first kappa shape index (κ1) is 13.4. The zero-order chi connectivity index (χ0) is 15.1. The number of anilines is 2. The molecule has 108 valence electrons. The summed E-state index contributed by atoms with van der Waals surface area (Å²) in [6.07, 6.45) is 0. The number of hydrogen-bond acceptors (Lipinski definition) is 7. The van der Waals surface area contributed by atoms with Gasteiger partial charge in [-0.2, -0.15) is 4.98 Å². The number of pyridine rings is 1. The van der Waals surface area contributed by atoms with Crippen molar-refractivity contribution in [3.05, 3.63) is 23.0 Å². The highest BCUT2D eigenvalue weighted by Crippen LogP contribution is 2.36. The lowest BCUT2D eigenvalue weighted by molar-refractivity contribution is 0.397. The van der Waals surface area contributed by atoms with E-state index in [9.17, 15) is 0 Å². The number of halogens is 1. The summed E-state index contributed by atoms with van der Waals surface area (Å²) in [6.45, 7) is 1.82. The van der Waals surface area contributed by atoms with Gasteiger partial charge in [0.15, 0.2) is 5.58 Å². The Morgan fingerprint density at radius 2 is 1.95 bits per heavy atom. The largest absolute Gasteiger partial charge is 0.481 e. The maximum Gasteiger partial charge on any atom is 0.223 e. The highest BCUT2D eigenvalue weighted by molar-refractivity contribution is 6.32. The van der Waals surface area contributed by atoms with Crippen LogP contribution >= 0.6 is 11.6 Å². The van der Waals surface area contributed by atoms with Crippen molar-refractivity contribution in [2.75, 3.05) is 18.6 Å². The second-order valence-corrected chi connectivity index (χ2v) is 4.77. The topological polar surface area (TPSA) is 113 Å². The molecule has 0 amide bonds. The summed E-state index contributed by atoms with van der Waals surface area (Å²) in [4.78, 5) is 12.0. The first-order valence-electron chi connectivity index (χ1n) is 6.03. The fourth-order valence-corrected chi connectivity index (χ4v) is 2.38. The Balaban J connectivity index is 2.25. The summed E-state index contributed by atoms with van der Waals surface area (Å²) in [5, 5.41) is 0.957. The number of methoxy groups -OCH3 is 1.